The zero-order chi connectivity index (χ0) is 13.7. The van der Waals surface area contributed by atoms with Gasteiger partial charge in [-0.1, -0.05) is 27.7 Å². The molecule has 0 aliphatic heterocycles. The Morgan fingerprint density at radius 3 is 1.28 bits per heavy atom. The third kappa shape index (κ3) is 3.12. The van der Waals surface area contributed by atoms with Crippen molar-refractivity contribution in [3.05, 3.63) is 34.0 Å². The molecule has 0 N–H and O–H groups in total. The van der Waals surface area contributed by atoms with Gasteiger partial charge in [-0.3, -0.25) is 0 Å². The summed E-state index contributed by atoms with van der Waals surface area (Å²) in [7, 11) is 0. The fraction of sp³-hybridized carbons (Fsp3) is 0.375. The normalized spacial score (nSPS) is 9.67. The first kappa shape index (κ1) is 15.2. The van der Waals surface area contributed by atoms with Gasteiger partial charge in [0.25, 0.3) is 0 Å². The Labute approximate surface area is 118 Å². The molecule has 0 aliphatic rings. The van der Waals surface area contributed by atoms with Crippen LogP contribution >= 0.6 is 22.7 Å². The van der Waals surface area contributed by atoms with Crippen LogP contribution in [-0.4, -0.2) is 0 Å². The van der Waals surface area contributed by atoms with E-state index in [0.717, 1.165) is 0 Å². The van der Waals surface area contributed by atoms with Crippen LogP contribution in [0.4, 0.5) is 0 Å². The summed E-state index contributed by atoms with van der Waals surface area (Å²) in [4.78, 5) is 2.80. The first-order valence-electron chi connectivity index (χ1n) is 6.63. The van der Waals surface area contributed by atoms with E-state index in [-0.39, 0.29) is 0 Å². The van der Waals surface area contributed by atoms with E-state index in [1.54, 1.807) is 0 Å². The molecule has 2 aromatic heterocycles. The molecule has 0 atom stereocenters. The molecule has 3 rings (SSSR count). The van der Waals surface area contributed by atoms with E-state index < -0.39 is 0 Å². The van der Waals surface area contributed by atoms with Crippen molar-refractivity contribution in [3.63, 3.8) is 0 Å². The quantitative estimate of drug-likeness (QED) is 0.425. The van der Waals surface area contributed by atoms with Gasteiger partial charge in [0.15, 0.2) is 0 Å². The SMILES string of the molecule is CC.CC.Cc1cc2cc3sc(C)cc3cc2s1. The smallest absolute Gasteiger partial charge is 0.0352 e. The topological polar surface area (TPSA) is 0 Å². The number of aryl methyl sites for hydroxylation is 2. The third-order valence-electron chi connectivity index (χ3n) is 2.40. The van der Waals surface area contributed by atoms with Gasteiger partial charge in [0.1, 0.15) is 0 Å². The molecule has 1 aromatic carbocycles. The van der Waals surface area contributed by atoms with Crippen molar-refractivity contribution >= 4 is 42.8 Å². The predicted octanol–water partition coefficient (Wildman–Crippen LogP) is 6.79. The second kappa shape index (κ2) is 6.91. The second-order valence-electron chi connectivity index (χ2n) is 3.64. The molecule has 2 heteroatoms. The van der Waals surface area contributed by atoms with Gasteiger partial charge in [0, 0.05) is 19.2 Å². The van der Waals surface area contributed by atoms with E-state index in [4.69, 9.17) is 0 Å². The fourth-order valence-electron chi connectivity index (χ4n) is 1.84. The predicted molar refractivity (Wildman–Crippen MR) is 89.4 cm³/mol. The molecule has 0 bridgehead atoms. The van der Waals surface area contributed by atoms with Gasteiger partial charge >= 0.3 is 0 Å². The zero-order valence-electron chi connectivity index (χ0n) is 12.1. The van der Waals surface area contributed by atoms with Crippen molar-refractivity contribution in [1.29, 1.82) is 0 Å². The average molecular weight is 278 g/mol. The Bertz CT molecular complexity index is 512. The van der Waals surface area contributed by atoms with Crippen LogP contribution in [-0.2, 0) is 0 Å². The van der Waals surface area contributed by atoms with Gasteiger partial charge in [-0.15, -0.1) is 22.7 Å². The molecule has 2 heterocycles. The number of hydrogen-bond donors (Lipinski definition) is 0. The Kier molecular flexibility index (Phi) is 5.83. The molecule has 0 fully saturated rings. The molecular formula is C16H22S2. The highest BCUT2D eigenvalue weighted by Gasteiger charge is 2.03. The highest BCUT2D eigenvalue weighted by molar-refractivity contribution is 7.20. The monoisotopic (exact) mass is 278 g/mol. The number of rotatable bonds is 0. The average Bonchev–Trinajstić information content (AvgIpc) is 2.90. The summed E-state index contributed by atoms with van der Waals surface area (Å²) in [6, 6.07) is 9.17. The summed E-state index contributed by atoms with van der Waals surface area (Å²) in [5, 5.41) is 2.78. The van der Waals surface area contributed by atoms with E-state index in [1.807, 2.05) is 50.4 Å². The molecule has 0 spiro atoms. The Morgan fingerprint density at radius 2 is 0.944 bits per heavy atom. The second-order valence-corrected chi connectivity index (χ2v) is 6.22. The van der Waals surface area contributed by atoms with Gasteiger partial charge in [-0.2, -0.15) is 0 Å². The van der Waals surface area contributed by atoms with E-state index in [0.29, 0.717) is 0 Å². The fourth-order valence-corrected chi connectivity index (χ4v) is 3.75. The number of hydrogen-bond acceptors (Lipinski definition) is 2. The maximum absolute atomic E-state index is 2.31. The van der Waals surface area contributed by atoms with E-state index in [1.165, 1.54) is 29.9 Å². The lowest BCUT2D eigenvalue weighted by molar-refractivity contribution is 1.50. The van der Waals surface area contributed by atoms with E-state index in [9.17, 15) is 0 Å². The molecule has 0 radical (unpaired) electrons. The number of benzene rings is 1. The molecule has 0 amide bonds. The summed E-state index contributed by atoms with van der Waals surface area (Å²) in [5.74, 6) is 0. The van der Waals surface area contributed by atoms with Crippen LogP contribution in [0, 0.1) is 13.8 Å². The highest BCUT2D eigenvalue weighted by atomic mass is 32.1. The zero-order valence-corrected chi connectivity index (χ0v) is 13.8. The highest BCUT2D eigenvalue weighted by Crippen LogP contribution is 2.33. The van der Waals surface area contributed by atoms with Crippen molar-refractivity contribution in [2.24, 2.45) is 0 Å². The molecule has 0 nitrogen and oxygen atoms in total. The number of fused-ring (bicyclic) bond motifs is 2. The molecule has 18 heavy (non-hydrogen) atoms. The van der Waals surface area contributed by atoms with Crippen LogP contribution in [0.5, 0.6) is 0 Å². The van der Waals surface area contributed by atoms with Crippen LogP contribution in [0.1, 0.15) is 37.4 Å². The van der Waals surface area contributed by atoms with E-state index >= 15 is 0 Å². The van der Waals surface area contributed by atoms with Gasteiger partial charge in [-0.05, 0) is 48.9 Å². The Hall–Kier alpha value is -0.860. The lowest BCUT2D eigenvalue weighted by Crippen LogP contribution is -1.62. The summed E-state index contributed by atoms with van der Waals surface area (Å²) in [5.41, 5.74) is 0. The van der Waals surface area contributed by atoms with Crippen LogP contribution in [0.15, 0.2) is 24.3 Å². The van der Waals surface area contributed by atoms with E-state index in [2.05, 4.69) is 38.1 Å². The van der Waals surface area contributed by atoms with Crippen LogP contribution in [0.25, 0.3) is 20.2 Å². The summed E-state index contributed by atoms with van der Waals surface area (Å²) in [6.07, 6.45) is 0. The standard InChI is InChI=1S/C12H10S2.2C2H6/c1-7-3-9-5-12-10(4-8(2)14-12)6-11(9)13-7;2*1-2/h3-6H,1-2H3;2*1-2H3. The molecule has 0 unspecified atom stereocenters. The van der Waals surface area contributed by atoms with Crippen molar-refractivity contribution in [2.45, 2.75) is 41.5 Å². The first-order valence-corrected chi connectivity index (χ1v) is 8.26. The molecule has 98 valence electrons. The lowest BCUT2D eigenvalue weighted by Gasteiger charge is -1.89. The van der Waals surface area contributed by atoms with Crippen molar-refractivity contribution < 1.29 is 0 Å². The molecule has 0 aliphatic carbocycles. The van der Waals surface area contributed by atoms with Gasteiger partial charge in [0.2, 0.25) is 0 Å². The Morgan fingerprint density at radius 1 is 0.611 bits per heavy atom. The maximum Gasteiger partial charge on any atom is 0.0352 e. The van der Waals surface area contributed by atoms with Crippen molar-refractivity contribution in [2.75, 3.05) is 0 Å². The van der Waals surface area contributed by atoms with Crippen LogP contribution < -0.4 is 0 Å². The third-order valence-corrected chi connectivity index (χ3v) is 4.43. The summed E-state index contributed by atoms with van der Waals surface area (Å²) < 4.78 is 2.82. The van der Waals surface area contributed by atoms with Crippen molar-refractivity contribution in [1.82, 2.24) is 0 Å². The van der Waals surface area contributed by atoms with Crippen LogP contribution in [0.3, 0.4) is 0 Å². The largest absolute Gasteiger partial charge is 0.141 e. The van der Waals surface area contributed by atoms with Gasteiger partial charge < -0.3 is 0 Å². The Balaban J connectivity index is 0.000000371. The number of thiophene rings is 2. The first-order chi connectivity index (χ1) is 8.72. The van der Waals surface area contributed by atoms with Gasteiger partial charge in [0.05, 0.1) is 0 Å². The van der Waals surface area contributed by atoms with Gasteiger partial charge in [-0.25, -0.2) is 0 Å². The van der Waals surface area contributed by atoms with Crippen molar-refractivity contribution in [3.8, 4) is 0 Å². The molecule has 0 saturated carbocycles. The summed E-state index contributed by atoms with van der Waals surface area (Å²) in [6.45, 7) is 12.3. The van der Waals surface area contributed by atoms with Crippen LogP contribution in [0.2, 0.25) is 0 Å². The maximum atomic E-state index is 2.31. The molecule has 3 aromatic rings. The minimum atomic E-state index is 1.39. The minimum absolute atomic E-state index is 1.39. The molecule has 0 saturated heterocycles. The molecular weight excluding hydrogens is 256 g/mol. The minimum Gasteiger partial charge on any atom is -0.141 e. The lowest BCUT2D eigenvalue weighted by atomic mass is 10.2. The summed E-state index contributed by atoms with van der Waals surface area (Å²) >= 11 is 3.76.